The number of nitrogens with zero attached hydrogens (tertiary/aromatic N) is 1. The topological polar surface area (TPSA) is 142 Å². The van der Waals surface area contributed by atoms with Crippen molar-refractivity contribution in [2.45, 2.75) is 4.90 Å². The van der Waals surface area contributed by atoms with Crippen molar-refractivity contribution in [2.24, 2.45) is 0 Å². The van der Waals surface area contributed by atoms with Crippen molar-refractivity contribution in [3.63, 3.8) is 0 Å². The Morgan fingerprint density at radius 3 is 2.30 bits per heavy atom. The lowest BCUT2D eigenvalue weighted by molar-refractivity contribution is -0.385. The summed E-state index contributed by atoms with van der Waals surface area (Å²) in [5.74, 6) is -1.59. The first-order valence-corrected chi connectivity index (χ1v) is 8.76. The van der Waals surface area contributed by atoms with Crippen LogP contribution in [0.5, 0.6) is 0 Å². The van der Waals surface area contributed by atoms with Gasteiger partial charge in [-0.1, -0.05) is 6.07 Å². The van der Waals surface area contributed by atoms with E-state index in [9.17, 15) is 28.1 Å². The van der Waals surface area contributed by atoms with Crippen LogP contribution in [0.1, 0.15) is 20.7 Å². The number of carbonyl (C=O) groups is 2. The van der Waals surface area contributed by atoms with Crippen molar-refractivity contribution in [1.29, 1.82) is 0 Å². The van der Waals surface area contributed by atoms with Crippen LogP contribution in [-0.4, -0.2) is 39.5 Å². The van der Waals surface area contributed by atoms with Gasteiger partial charge in [-0.3, -0.25) is 14.8 Å². The maximum atomic E-state index is 12.6. The van der Waals surface area contributed by atoms with Gasteiger partial charge < -0.3 is 9.47 Å². The molecule has 142 valence electrons. The molecule has 0 spiro atoms. The van der Waals surface area contributed by atoms with E-state index in [1.54, 1.807) is 0 Å². The van der Waals surface area contributed by atoms with Crippen LogP contribution in [0.4, 0.5) is 11.4 Å². The number of hydrogen-bond donors (Lipinski definition) is 1. The van der Waals surface area contributed by atoms with Crippen LogP contribution >= 0.6 is 0 Å². The quantitative estimate of drug-likeness (QED) is 0.445. The number of nitrogens with one attached hydrogen (secondary N) is 1. The predicted molar refractivity (Wildman–Crippen MR) is 93.0 cm³/mol. The summed E-state index contributed by atoms with van der Waals surface area (Å²) in [5, 5.41) is 10.9. The summed E-state index contributed by atoms with van der Waals surface area (Å²) < 4.78 is 36.5. The lowest BCUT2D eigenvalue weighted by atomic mass is 10.1. The highest BCUT2D eigenvalue weighted by atomic mass is 32.2. The minimum absolute atomic E-state index is 0.0121. The van der Waals surface area contributed by atoms with Gasteiger partial charge in [0.2, 0.25) is 0 Å². The summed E-state index contributed by atoms with van der Waals surface area (Å²) in [6.07, 6.45) is 0. The fourth-order valence-corrected chi connectivity index (χ4v) is 3.24. The maximum absolute atomic E-state index is 12.6. The van der Waals surface area contributed by atoms with Gasteiger partial charge in [0.25, 0.3) is 15.7 Å². The molecule has 0 aromatic heterocycles. The van der Waals surface area contributed by atoms with Crippen molar-refractivity contribution in [2.75, 3.05) is 18.9 Å². The third-order valence-corrected chi connectivity index (χ3v) is 4.79. The summed E-state index contributed by atoms with van der Waals surface area (Å²) in [4.78, 5) is 33.3. The molecule has 0 fully saturated rings. The molecule has 2 aromatic rings. The number of carbonyl (C=O) groups excluding carboxylic acids is 2. The van der Waals surface area contributed by atoms with Crippen LogP contribution in [0.15, 0.2) is 47.4 Å². The van der Waals surface area contributed by atoms with Crippen molar-refractivity contribution in [3.05, 3.63) is 63.7 Å². The lowest BCUT2D eigenvalue weighted by Gasteiger charge is -2.13. The standard InChI is InChI=1S/C16H14N2O8S/c1-25-15(19)10-6-7-13(16(20)26-2)14(8-10)17-27(23,24)12-5-3-4-11(9-12)18(21)22/h3-9,17H,1-2H3. The molecule has 2 rings (SSSR count). The van der Waals surface area contributed by atoms with E-state index in [1.807, 2.05) is 0 Å². The molecule has 11 heteroatoms. The molecule has 10 nitrogen and oxygen atoms in total. The van der Waals surface area contributed by atoms with Gasteiger partial charge >= 0.3 is 11.9 Å². The third-order valence-electron chi connectivity index (χ3n) is 3.43. The first-order valence-electron chi connectivity index (χ1n) is 7.27. The Morgan fingerprint density at radius 1 is 1.04 bits per heavy atom. The Labute approximate surface area is 153 Å². The first-order chi connectivity index (χ1) is 12.7. The number of benzene rings is 2. The molecule has 0 heterocycles. The average molecular weight is 394 g/mol. The summed E-state index contributed by atoms with van der Waals surface area (Å²) >= 11 is 0. The second kappa shape index (κ2) is 7.83. The number of ether oxygens (including phenoxy) is 2. The van der Waals surface area contributed by atoms with Gasteiger partial charge in [-0.25, -0.2) is 18.0 Å². The summed E-state index contributed by atoms with van der Waals surface area (Å²) in [7, 11) is -2.05. The van der Waals surface area contributed by atoms with Crippen molar-refractivity contribution < 1.29 is 32.4 Å². The van der Waals surface area contributed by atoms with Crippen LogP contribution in [0.3, 0.4) is 0 Å². The monoisotopic (exact) mass is 394 g/mol. The number of nitro benzene ring substituents is 1. The molecule has 2 aromatic carbocycles. The predicted octanol–water partition coefficient (Wildman–Crippen LogP) is 1.97. The molecular formula is C16H14N2O8S. The van der Waals surface area contributed by atoms with Gasteiger partial charge in [0.05, 0.1) is 40.9 Å². The van der Waals surface area contributed by atoms with Gasteiger partial charge in [0, 0.05) is 12.1 Å². The Morgan fingerprint density at radius 2 is 1.70 bits per heavy atom. The Kier molecular flexibility index (Phi) is 5.75. The maximum Gasteiger partial charge on any atom is 0.339 e. The minimum Gasteiger partial charge on any atom is -0.465 e. The van der Waals surface area contributed by atoms with Gasteiger partial charge in [0.1, 0.15) is 0 Å². The molecule has 0 amide bonds. The number of sulfonamides is 1. The Hall–Kier alpha value is -3.47. The molecule has 0 saturated heterocycles. The third kappa shape index (κ3) is 4.39. The zero-order valence-electron chi connectivity index (χ0n) is 14.2. The van der Waals surface area contributed by atoms with E-state index >= 15 is 0 Å². The second-order valence-electron chi connectivity index (χ2n) is 5.10. The summed E-state index contributed by atoms with van der Waals surface area (Å²) in [6.45, 7) is 0. The zero-order valence-corrected chi connectivity index (χ0v) is 15.0. The Balaban J connectivity index is 2.53. The van der Waals surface area contributed by atoms with E-state index in [2.05, 4.69) is 14.2 Å². The number of non-ortho nitro benzene ring substituents is 1. The molecule has 0 radical (unpaired) electrons. The zero-order chi connectivity index (χ0) is 20.2. The van der Waals surface area contributed by atoms with Crippen LogP contribution in [0.2, 0.25) is 0 Å². The van der Waals surface area contributed by atoms with Crippen molar-refractivity contribution in [1.82, 2.24) is 0 Å². The number of nitro groups is 1. The smallest absolute Gasteiger partial charge is 0.339 e. The highest BCUT2D eigenvalue weighted by Gasteiger charge is 2.22. The molecule has 0 atom stereocenters. The van der Waals surface area contributed by atoms with Gasteiger partial charge in [-0.05, 0) is 24.3 Å². The molecule has 0 aliphatic heterocycles. The van der Waals surface area contributed by atoms with Crippen molar-refractivity contribution in [3.8, 4) is 0 Å². The van der Waals surface area contributed by atoms with E-state index in [1.165, 1.54) is 18.2 Å². The number of methoxy groups -OCH3 is 2. The molecule has 0 unspecified atom stereocenters. The fourth-order valence-electron chi connectivity index (χ4n) is 2.13. The highest BCUT2D eigenvalue weighted by Crippen LogP contribution is 2.25. The van der Waals surface area contributed by atoms with Crippen LogP contribution < -0.4 is 4.72 Å². The molecule has 0 saturated carbocycles. The van der Waals surface area contributed by atoms with E-state index in [0.717, 1.165) is 38.5 Å². The summed E-state index contributed by atoms with van der Waals surface area (Å²) in [6, 6.07) is 7.93. The number of anilines is 1. The van der Waals surface area contributed by atoms with E-state index in [4.69, 9.17) is 0 Å². The Bertz CT molecular complexity index is 1020. The first kappa shape index (κ1) is 19.8. The fraction of sp³-hybridized carbons (Fsp3) is 0.125. The normalized spacial score (nSPS) is 10.7. The van der Waals surface area contributed by atoms with Crippen LogP contribution in [-0.2, 0) is 19.5 Å². The van der Waals surface area contributed by atoms with Gasteiger partial charge in [-0.2, -0.15) is 0 Å². The molecule has 1 N–H and O–H groups in total. The molecule has 0 aliphatic rings. The molecule has 0 aliphatic carbocycles. The summed E-state index contributed by atoms with van der Waals surface area (Å²) in [5.41, 5.74) is -0.827. The number of rotatable bonds is 6. The van der Waals surface area contributed by atoms with E-state index < -0.39 is 37.5 Å². The lowest BCUT2D eigenvalue weighted by Crippen LogP contribution is -2.17. The molecule has 27 heavy (non-hydrogen) atoms. The molecular weight excluding hydrogens is 380 g/mol. The SMILES string of the molecule is COC(=O)c1ccc(C(=O)OC)c(NS(=O)(=O)c2cccc([N+](=O)[O-])c2)c1. The van der Waals surface area contributed by atoms with E-state index in [-0.39, 0.29) is 16.8 Å². The van der Waals surface area contributed by atoms with E-state index in [0.29, 0.717) is 0 Å². The highest BCUT2D eigenvalue weighted by molar-refractivity contribution is 7.92. The largest absolute Gasteiger partial charge is 0.465 e. The van der Waals surface area contributed by atoms with Gasteiger partial charge in [0.15, 0.2) is 0 Å². The number of esters is 2. The van der Waals surface area contributed by atoms with Crippen LogP contribution in [0.25, 0.3) is 0 Å². The minimum atomic E-state index is -4.30. The average Bonchev–Trinajstić information content (AvgIpc) is 2.66. The van der Waals surface area contributed by atoms with Crippen molar-refractivity contribution >= 4 is 33.3 Å². The van der Waals surface area contributed by atoms with Gasteiger partial charge in [-0.15, -0.1) is 0 Å². The second-order valence-corrected chi connectivity index (χ2v) is 6.79. The van der Waals surface area contributed by atoms with Crippen LogP contribution in [0, 0.1) is 10.1 Å². The molecule has 0 bridgehead atoms. The number of hydrogen-bond acceptors (Lipinski definition) is 8.